The van der Waals surface area contributed by atoms with Crippen LogP contribution >= 0.6 is 11.8 Å². The van der Waals surface area contributed by atoms with Gasteiger partial charge in [-0.3, -0.25) is 24.0 Å². The average molecular weight is 449 g/mol. The Hall–Kier alpha value is -2.87. The molecule has 0 aliphatic carbocycles. The maximum atomic E-state index is 12.4. The minimum absolute atomic E-state index is 0.129. The Morgan fingerprint density at radius 3 is 1.87 bits per heavy atom. The van der Waals surface area contributed by atoms with Gasteiger partial charge in [0.2, 0.25) is 29.5 Å². The Morgan fingerprint density at radius 1 is 0.867 bits per heavy atom. The largest absolute Gasteiger partial charge is 0.480 e. The Labute approximate surface area is 177 Å². The second kappa shape index (κ2) is 13.4. The fourth-order valence-corrected chi connectivity index (χ4v) is 2.64. The number of hydrogen-bond donors (Lipinski definition) is 7. The van der Waals surface area contributed by atoms with Crippen molar-refractivity contribution >= 4 is 47.3 Å². The molecule has 0 saturated heterocycles. The van der Waals surface area contributed by atoms with E-state index in [9.17, 15) is 33.9 Å². The lowest BCUT2D eigenvalue weighted by Crippen LogP contribution is -2.57. The van der Waals surface area contributed by atoms with Crippen molar-refractivity contribution < 1.29 is 33.9 Å². The normalized spacial score (nSPS) is 14.5. The van der Waals surface area contributed by atoms with Crippen molar-refractivity contribution in [1.29, 1.82) is 0 Å². The SMILES string of the molecule is CSCCC(NC(=O)C(CC(N)=O)NC(=O)C(C)NC(=O)C(N)CC(N)=O)C(=O)O. The van der Waals surface area contributed by atoms with E-state index in [0.717, 1.165) is 0 Å². The molecule has 4 atom stereocenters. The third-order valence-electron chi connectivity index (χ3n) is 3.77. The summed E-state index contributed by atoms with van der Waals surface area (Å²) >= 11 is 1.38. The van der Waals surface area contributed by atoms with E-state index in [0.29, 0.717) is 5.75 Å². The van der Waals surface area contributed by atoms with Gasteiger partial charge < -0.3 is 38.3 Å². The van der Waals surface area contributed by atoms with Crippen LogP contribution in [0.1, 0.15) is 26.2 Å². The second-order valence-corrected chi connectivity index (χ2v) is 7.41. The van der Waals surface area contributed by atoms with E-state index in [2.05, 4.69) is 16.0 Å². The third kappa shape index (κ3) is 10.6. The summed E-state index contributed by atoms with van der Waals surface area (Å²) in [5.41, 5.74) is 15.5. The number of carboxylic acid groups (broad SMARTS) is 1. The molecule has 0 fully saturated rings. The monoisotopic (exact) mass is 448 g/mol. The third-order valence-corrected chi connectivity index (χ3v) is 4.42. The topological polar surface area (TPSA) is 237 Å². The van der Waals surface area contributed by atoms with E-state index in [1.54, 1.807) is 6.26 Å². The van der Waals surface area contributed by atoms with Crippen molar-refractivity contribution in [3.63, 3.8) is 0 Å². The van der Waals surface area contributed by atoms with Gasteiger partial charge in [0.15, 0.2) is 0 Å². The van der Waals surface area contributed by atoms with E-state index >= 15 is 0 Å². The van der Waals surface area contributed by atoms with Crippen LogP contribution in [0.2, 0.25) is 0 Å². The second-order valence-electron chi connectivity index (χ2n) is 6.42. The first-order chi connectivity index (χ1) is 13.9. The molecule has 10 N–H and O–H groups in total. The first-order valence-corrected chi connectivity index (χ1v) is 10.2. The molecule has 0 saturated carbocycles. The molecule has 0 aliphatic rings. The predicted molar refractivity (Wildman–Crippen MR) is 108 cm³/mol. The minimum Gasteiger partial charge on any atom is -0.480 e. The van der Waals surface area contributed by atoms with Crippen LogP contribution in [0.5, 0.6) is 0 Å². The lowest BCUT2D eigenvalue weighted by molar-refractivity contribution is -0.142. The van der Waals surface area contributed by atoms with Crippen molar-refractivity contribution in [2.24, 2.45) is 17.2 Å². The molecule has 0 aromatic heterocycles. The van der Waals surface area contributed by atoms with Crippen LogP contribution in [0, 0.1) is 0 Å². The molecule has 170 valence electrons. The van der Waals surface area contributed by atoms with E-state index in [4.69, 9.17) is 17.2 Å². The summed E-state index contributed by atoms with van der Waals surface area (Å²) in [4.78, 5) is 69.9. The van der Waals surface area contributed by atoms with E-state index < -0.39 is 72.5 Å². The number of aliphatic carboxylic acids is 1. The quantitative estimate of drug-likeness (QED) is 0.139. The van der Waals surface area contributed by atoms with Gasteiger partial charge in [0.25, 0.3) is 0 Å². The number of nitrogens with one attached hydrogen (secondary N) is 3. The first-order valence-electron chi connectivity index (χ1n) is 8.84. The van der Waals surface area contributed by atoms with E-state index in [1.165, 1.54) is 18.7 Å². The van der Waals surface area contributed by atoms with Crippen molar-refractivity contribution in [3.05, 3.63) is 0 Å². The van der Waals surface area contributed by atoms with E-state index in [1.807, 2.05) is 0 Å². The lowest BCUT2D eigenvalue weighted by atomic mass is 10.1. The highest BCUT2D eigenvalue weighted by Crippen LogP contribution is 2.03. The van der Waals surface area contributed by atoms with Crippen LogP contribution in [0.25, 0.3) is 0 Å². The van der Waals surface area contributed by atoms with Crippen LogP contribution in [0.3, 0.4) is 0 Å². The Morgan fingerprint density at radius 2 is 1.40 bits per heavy atom. The maximum Gasteiger partial charge on any atom is 0.326 e. The Bertz CT molecular complexity index is 674. The van der Waals surface area contributed by atoms with Crippen LogP contribution in [0.15, 0.2) is 0 Å². The van der Waals surface area contributed by atoms with Crippen molar-refractivity contribution in [1.82, 2.24) is 16.0 Å². The standard InChI is InChI=1S/C16H28N6O7S/c1-7(20-14(26)8(17)5-11(18)23)13(25)22-10(6-12(19)24)15(27)21-9(16(28)29)3-4-30-2/h7-10H,3-6,17H2,1-2H3,(H2,18,23)(H2,19,24)(H,20,26)(H,21,27)(H,22,25)(H,28,29). The van der Waals surface area contributed by atoms with Crippen molar-refractivity contribution in [2.45, 2.75) is 50.4 Å². The number of amides is 5. The number of carboxylic acids is 1. The fourth-order valence-electron chi connectivity index (χ4n) is 2.17. The molecule has 4 unspecified atom stereocenters. The molecule has 0 aromatic carbocycles. The summed E-state index contributed by atoms with van der Waals surface area (Å²) in [5.74, 6) is -5.12. The molecule has 0 aliphatic heterocycles. The molecular formula is C16H28N6O7S. The smallest absolute Gasteiger partial charge is 0.326 e. The number of nitrogens with two attached hydrogens (primary N) is 3. The van der Waals surface area contributed by atoms with E-state index in [-0.39, 0.29) is 6.42 Å². The highest BCUT2D eigenvalue weighted by atomic mass is 32.2. The Kier molecular flexibility index (Phi) is 12.1. The number of primary amides is 2. The first kappa shape index (κ1) is 27.1. The molecule has 13 nitrogen and oxygen atoms in total. The Balaban J connectivity index is 5.09. The van der Waals surface area contributed by atoms with Crippen molar-refractivity contribution in [2.75, 3.05) is 12.0 Å². The van der Waals surface area contributed by atoms with Gasteiger partial charge in [-0.15, -0.1) is 0 Å². The summed E-state index contributed by atoms with van der Waals surface area (Å²) in [6.45, 7) is 1.28. The predicted octanol–water partition coefficient (Wildman–Crippen LogP) is -3.62. The van der Waals surface area contributed by atoms with Gasteiger partial charge in [-0.1, -0.05) is 0 Å². The summed E-state index contributed by atoms with van der Waals surface area (Å²) in [6, 6.07) is -5.13. The summed E-state index contributed by atoms with van der Waals surface area (Å²) < 4.78 is 0. The number of rotatable bonds is 14. The molecule has 0 rings (SSSR count). The summed E-state index contributed by atoms with van der Waals surface area (Å²) in [6.07, 6.45) is 0.874. The fraction of sp³-hybridized carbons (Fsp3) is 0.625. The number of hydrogen-bond acceptors (Lipinski definition) is 8. The molecule has 30 heavy (non-hydrogen) atoms. The van der Waals surface area contributed by atoms with Crippen LogP contribution < -0.4 is 33.2 Å². The molecule has 0 heterocycles. The van der Waals surface area contributed by atoms with Crippen LogP contribution in [-0.2, 0) is 28.8 Å². The number of carbonyl (C=O) groups is 6. The molecule has 0 bridgehead atoms. The molecule has 0 spiro atoms. The number of thioether (sulfide) groups is 1. The molecule has 0 aromatic rings. The van der Waals surface area contributed by atoms with Gasteiger partial charge in [0, 0.05) is 0 Å². The van der Waals surface area contributed by atoms with Crippen molar-refractivity contribution in [3.8, 4) is 0 Å². The van der Waals surface area contributed by atoms with Gasteiger partial charge in [0.1, 0.15) is 18.1 Å². The molecule has 5 amide bonds. The van der Waals surface area contributed by atoms with Gasteiger partial charge >= 0.3 is 5.97 Å². The average Bonchev–Trinajstić information content (AvgIpc) is 2.62. The molecule has 14 heteroatoms. The lowest BCUT2D eigenvalue weighted by Gasteiger charge is -2.23. The van der Waals surface area contributed by atoms with Gasteiger partial charge in [-0.2, -0.15) is 11.8 Å². The molecular weight excluding hydrogens is 420 g/mol. The van der Waals surface area contributed by atoms with Crippen LogP contribution in [-0.4, -0.2) is 76.8 Å². The molecule has 0 radical (unpaired) electrons. The minimum atomic E-state index is -1.45. The van der Waals surface area contributed by atoms with Gasteiger partial charge in [-0.25, -0.2) is 4.79 Å². The number of carbonyl (C=O) groups excluding carboxylic acids is 5. The highest BCUT2D eigenvalue weighted by Gasteiger charge is 2.29. The summed E-state index contributed by atoms with van der Waals surface area (Å²) in [5, 5.41) is 15.9. The van der Waals surface area contributed by atoms with Gasteiger partial charge in [-0.05, 0) is 25.4 Å². The zero-order chi connectivity index (χ0) is 23.4. The summed E-state index contributed by atoms with van der Waals surface area (Å²) in [7, 11) is 0. The maximum absolute atomic E-state index is 12.4. The van der Waals surface area contributed by atoms with Crippen LogP contribution in [0.4, 0.5) is 0 Å². The zero-order valence-corrected chi connectivity index (χ0v) is 17.5. The van der Waals surface area contributed by atoms with Gasteiger partial charge in [0.05, 0.1) is 18.9 Å². The highest BCUT2D eigenvalue weighted by molar-refractivity contribution is 7.98. The zero-order valence-electron chi connectivity index (χ0n) is 16.7.